The normalized spacial score (nSPS) is 12.1. The second-order valence-electron chi connectivity index (χ2n) is 4.86. The van der Waals surface area contributed by atoms with Gasteiger partial charge in [-0.2, -0.15) is 0 Å². The molecule has 2 N–H and O–H groups in total. The van der Waals surface area contributed by atoms with Crippen LogP contribution in [-0.4, -0.2) is 35.8 Å². The molecule has 0 saturated heterocycles. The second kappa shape index (κ2) is 9.12. The molecule has 1 amide bonds. The number of aromatic nitrogens is 1. The third kappa shape index (κ3) is 6.40. The number of ether oxygens (including phenoxy) is 1. The van der Waals surface area contributed by atoms with Gasteiger partial charge in [-0.05, 0) is 18.8 Å². The quantitative estimate of drug-likeness (QED) is 0.683. The first kappa shape index (κ1) is 17.2. The molecule has 1 heterocycles. The van der Waals surface area contributed by atoms with Crippen LogP contribution < -0.4 is 5.32 Å². The summed E-state index contributed by atoms with van der Waals surface area (Å²) in [7, 11) is 1.53. The van der Waals surface area contributed by atoms with Gasteiger partial charge in [-0.3, -0.25) is 9.59 Å². The summed E-state index contributed by atoms with van der Waals surface area (Å²) in [6, 6.07) is 1.54. The van der Waals surface area contributed by atoms with Gasteiger partial charge in [0.2, 0.25) is 0 Å². The summed E-state index contributed by atoms with van der Waals surface area (Å²) in [5, 5.41) is 15.1. The standard InChI is InChI=1S/C14H22N2O5/c1-3-10(4-5-13(17)18)6-7-15-14(19)12-8-11(9-20-2)21-16-12/h8,10H,3-7,9H2,1-2H3,(H,15,19)(H,17,18). The zero-order chi connectivity index (χ0) is 15.7. The largest absolute Gasteiger partial charge is 0.481 e. The highest BCUT2D eigenvalue weighted by Gasteiger charge is 2.13. The van der Waals surface area contributed by atoms with E-state index in [9.17, 15) is 9.59 Å². The minimum absolute atomic E-state index is 0.163. The van der Waals surface area contributed by atoms with E-state index in [1.54, 1.807) is 6.07 Å². The van der Waals surface area contributed by atoms with E-state index in [4.69, 9.17) is 14.4 Å². The van der Waals surface area contributed by atoms with Gasteiger partial charge in [-0.1, -0.05) is 18.5 Å². The van der Waals surface area contributed by atoms with Crippen LogP contribution in [0.4, 0.5) is 0 Å². The molecule has 0 fully saturated rings. The molecule has 1 rings (SSSR count). The van der Waals surface area contributed by atoms with Gasteiger partial charge < -0.3 is 19.7 Å². The zero-order valence-electron chi connectivity index (χ0n) is 12.4. The summed E-state index contributed by atoms with van der Waals surface area (Å²) in [5.41, 5.74) is 0.223. The van der Waals surface area contributed by atoms with E-state index < -0.39 is 5.97 Å². The monoisotopic (exact) mass is 298 g/mol. The number of hydrogen-bond donors (Lipinski definition) is 2. The molecule has 118 valence electrons. The average Bonchev–Trinajstić information content (AvgIpc) is 2.91. The number of hydrogen-bond acceptors (Lipinski definition) is 5. The fraction of sp³-hybridized carbons (Fsp3) is 0.643. The minimum atomic E-state index is -0.786. The second-order valence-corrected chi connectivity index (χ2v) is 4.86. The molecule has 7 nitrogen and oxygen atoms in total. The van der Waals surface area contributed by atoms with Gasteiger partial charge in [0.1, 0.15) is 6.61 Å². The van der Waals surface area contributed by atoms with Crippen molar-refractivity contribution in [3.05, 3.63) is 17.5 Å². The van der Waals surface area contributed by atoms with Crippen LogP contribution in [0.1, 0.15) is 48.9 Å². The Balaban J connectivity index is 2.32. The van der Waals surface area contributed by atoms with Crippen LogP contribution in [0.25, 0.3) is 0 Å². The lowest BCUT2D eigenvalue weighted by molar-refractivity contribution is -0.137. The number of nitrogens with one attached hydrogen (secondary N) is 1. The molecule has 7 heteroatoms. The maximum atomic E-state index is 11.8. The zero-order valence-corrected chi connectivity index (χ0v) is 12.4. The van der Waals surface area contributed by atoms with Gasteiger partial charge >= 0.3 is 5.97 Å². The Morgan fingerprint density at radius 3 is 2.86 bits per heavy atom. The molecule has 1 unspecified atom stereocenters. The molecule has 0 radical (unpaired) electrons. The van der Waals surface area contributed by atoms with Crippen molar-refractivity contribution in [2.24, 2.45) is 5.92 Å². The fourth-order valence-electron chi connectivity index (χ4n) is 1.99. The Morgan fingerprint density at radius 2 is 2.24 bits per heavy atom. The highest BCUT2D eigenvalue weighted by Crippen LogP contribution is 2.14. The number of nitrogens with zero attached hydrogens (tertiary/aromatic N) is 1. The van der Waals surface area contributed by atoms with E-state index in [1.165, 1.54) is 7.11 Å². The van der Waals surface area contributed by atoms with Crippen LogP contribution >= 0.6 is 0 Å². The van der Waals surface area contributed by atoms with Crippen LogP contribution in [-0.2, 0) is 16.1 Å². The third-order valence-corrected chi connectivity index (χ3v) is 3.26. The van der Waals surface area contributed by atoms with E-state index >= 15 is 0 Å². The Labute approximate surface area is 123 Å². The molecular weight excluding hydrogens is 276 g/mol. The molecular formula is C14H22N2O5. The number of carboxylic acid groups (broad SMARTS) is 1. The molecule has 0 aliphatic heterocycles. The first-order chi connectivity index (χ1) is 10.1. The van der Waals surface area contributed by atoms with E-state index in [1.807, 2.05) is 6.92 Å². The SMILES string of the molecule is CCC(CCNC(=O)c1cc(COC)on1)CCC(=O)O. The smallest absolute Gasteiger partial charge is 0.303 e. The average molecular weight is 298 g/mol. The first-order valence-corrected chi connectivity index (χ1v) is 7.01. The summed E-state index contributed by atoms with van der Waals surface area (Å²) < 4.78 is 9.82. The van der Waals surface area contributed by atoms with Crippen molar-refractivity contribution < 1.29 is 24.0 Å². The van der Waals surface area contributed by atoms with Gasteiger partial charge in [-0.15, -0.1) is 0 Å². The van der Waals surface area contributed by atoms with Crippen molar-refractivity contribution in [1.29, 1.82) is 0 Å². The Morgan fingerprint density at radius 1 is 1.48 bits per heavy atom. The van der Waals surface area contributed by atoms with E-state index in [0.717, 1.165) is 12.8 Å². The fourth-order valence-corrected chi connectivity index (χ4v) is 1.99. The third-order valence-electron chi connectivity index (χ3n) is 3.26. The predicted molar refractivity (Wildman–Crippen MR) is 74.8 cm³/mol. The number of carbonyl (C=O) groups excluding carboxylic acids is 1. The Kier molecular flexibility index (Phi) is 7.45. The van der Waals surface area contributed by atoms with Crippen LogP contribution in [0.5, 0.6) is 0 Å². The van der Waals surface area contributed by atoms with Gasteiger partial charge in [0, 0.05) is 26.1 Å². The van der Waals surface area contributed by atoms with Gasteiger partial charge in [0.15, 0.2) is 11.5 Å². The number of carboxylic acids is 1. The van der Waals surface area contributed by atoms with Gasteiger partial charge in [-0.25, -0.2) is 0 Å². The highest BCUT2D eigenvalue weighted by molar-refractivity contribution is 5.92. The van der Waals surface area contributed by atoms with Crippen molar-refractivity contribution in [2.45, 2.75) is 39.2 Å². The molecule has 1 aromatic heterocycles. The van der Waals surface area contributed by atoms with Crippen LogP contribution in [0.15, 0.2) is 10.6 Å². The molecule has 0 aliphatic rings. The highest BCUT2D eigenvalue weighted by atomic mass is 16.5. The number of aliphatic carboxylic acids is 1. The van der Waals surface area contributed by atoms with Crippen molar-refractivity contribution in [2.75, 3.05) is 13.7 Å². The number of amides is 1. The topological polar surface area (TPSA) is 102 Å². The van der Waals surface area contributed by atoms with Gasteiger partial charge in [0.25, 0.3) is 5.91 Å². The first-order valence-electron chi connectivity index (χ1n) is 7.01. The maximum absolute atomic E-state index is 11.8. The summed E-state index contributed by atoms with van der Waals surface area (Å²) in [5.74, 6) is -0.293. The lowest BCUT2D eigenvalue weighted by atomic mass is 9.96. The minimum Gasteiger partial charge on any atom is -0.481 e. The summed E-state index contributed by atoms with van der Waals surface area (Å²) >= 11 is 0. The van der Waals surface area contributed by atoms with E-state index in [2.05, 4.69) is 10.5 Å². The number of methoxy groups -OCH3 is 1. The lowest BCUT2D eigenvalue weighted by Gasteiger charge is -2.13. The molecule has 0 spiro atoms. The molecule has 0 aliphatic carbocycles. The van der Waals surface area contributed by atoms with Crippen molar-refractivity contribution >= 4 is 11.9 Å². The van der Waals surface area contributed by atoms with Crippen molar-refractivity contribution in [3.63, 3.8) is 0 Å². The van der Waals surface area contributed by atoms with Crippen molar-refractivity contribution in [3.8, 4) is 0 Å². The van der Waals surface area contributed by atoms with Gasteiger partial charge in [0.05, 0.1) is 0 Å². The summed E-state index contributed by atoms with van der Waals surface area (Å²) in [6.07, 6.45) is 2.43. The molecule has 21 heavy (non-hydrogen) atoms. The molecule has 0 aromatic carbocycles. The van der Waals surface area contributed by atoms with Crippen LogP contribution in [0.2, 0.25) is 0 Å². The Hall–Kier alpha value is -1.89. The summed E-state index contributed by atoms with van der Waals surface area (Å²) in [6.45, 7) is 2.78. The molecule has 0 bridgehead atoms. The maximum Gasteiger partial charge on any atom is 0.303 e. The predicted octanol–water partition coefficient (Wildman–Crippen LogP) is 1.83. The van der Waals surface area contributed by atoms with E-state index in [-0.39, 0.29) is 24.6 Å². The molecule has 0 saturated carbocycles. The molecule has 1 atom stereocenters. The Bertz CT molecular complexity index is 458. The number of rotatable bonds is 10. The van der Waals surface area contributed by atoms with Crippen LogP contribution in [0, 0.1) is 5.92 Å². The van der Waals surface area contributed by atoms with E-state index in [0.29, 0.717) is 24.6 Å². The lowest BCUT2D eigenvalue weighted by Crippen LogP contribution is -2.26. The summed E-state index contributed by atoms with van der Waals surface area (Å²) in [4.78, 5) is 22.4. The molecule has 1 aromatic rings. The van der Waals surface area contributed by atoms with Crippen molar-refractivity contribution in [1.82, 2.24) is 10.5 Å². The number of carbonyl (C=O) groups is 2. The van der Waals surface area contributed by atoms with Crippen LogP contribution in [0.3, 0.4) is 0 Å².